The summed E-state index contributed by atoms with van der Waals surface area (Å²) in [5, 5.41) is 5.62. The molecule has 2 rings (SSSR count). The summed E-state index contributed by atoms with van der Waals surface area (Å²) in [6, 6.07) is 2.38. The minimum Gasteiger partial charge on any atom is -0.483 e. The fraction of sp³-hybridized carbons (Fsp3) is 0.533. The molecule has 0 bridgehead atoms. The van der Waals surface area contributed by atoms with Crippen molar-refractivity contribution in [3.63, 3.8) is 0 Å². The standard InChI is InChI=1S/C15H19F3N4O3/c1-10(21-13(23)8-22-5-4-19-7-14(22)24)12-3-2-11(6-20-12)25-9-15(16,17)18/h2-3,6,10,19H,4-5,7-9H2,1H3,(H,21,23)/t10-/m1/s1. The highest BCUT2D eigenvalue weighted by Gasteiger charge is 2.28. The molecular weight excluding hydrogens is 341 g/mol. The van der Waals surface area contributed by atoms with Crippen LogP contribution in [0.15, 0.2) is 18.3 Å². The first-order valence-corrected chi connectivity index (χ1v) is 7.68. The summed E-state index contributed by atoms with van der Waals surface area (Å²) in [6.45, 7) is 1.57. The van der Waals surface area contributed by atoms with Gasteiger partial charge in [-0.3, -0.25) is 14.6 Å². The van der Waals surface area contributed by atoms with Gasteiger partial charge in [0.15, 0.2) is 6.61 Å². The average Bonchev–Trinajstić information content (AvgIpc) is 2.55. The van der Waals surface area contributed by atoms with Crippen LogP contribution in [0.1, 0.15) is 18.7 Å². The van der Waals surface area contributed by atoms with E-state index >= 15 is 0 Å². The van der Waals surface area contributed by atoms with E-state index in [1.54, 1.807) is 6.92 Å². The summed E-state index contributed by atoms with van der Waals surface area (Å²) in [7, 11) is 0. The zero-order valence-corrected chi connectivity index (χ0v) is 13.6. The van der Waals surface area contributed by atoms with Crippen molar-refractivity contribution in [3.8, 4) is 5.75 Å². The van der Waals surface area contributed by atoms with Gasteiger partial charge in [0.2, 0.25) is 11.8 Å². The number of nitrogens with zero attached hydrogens (tertiary/aromatic N) is 2. The Labute approximate surface area is 142 Å². The van der Waals surface area contributed by atoms with Crippen LogP contribution >= 0.6 is 0 Å². The zero-order chi connectivity index (χ0) is 18.4. The van der Waals surface area contributed by atoms with Gasteiger partial charge in [0, 0.05) is 13.1 Å². The summed E-state index contributed by atoms with van der Waals surface area (Å²) in [4.78, 5) is 29.1. The van der Waals surface area contributed by atoms with Crippen molar-refractivity contribution < 1.29 is 27.5 Å². The first-order valence-electron chi connectivity index (χ1n) is 7.68. The topological polar surface area (TPSA) is 83.6 Å². The van der Waals surface area contributed by atoms with Crippen molar-refractivity contribution >= 4 is 11.8 Å². The highest BCUT2D eigenvalue weighted by atomic mass is 19.4. The second-order valence-electron chi connectivity index (χ2n) is 5.60. The summed E-state index contributed by atoms with van der Waals surface area (Å²) >= 11 is 0. The molecule has 0 aromatic carbocycles. The maximum atomic E-state index is 12.1. The van der Waals surface area contributed by atoms with Crippen molar-refractivity contribution in [2.75, 3.05) is 32.8 Å². The number of alkyl halides is 3. The Morgan fingerprint density at radius 1 is 1.48 bits per heavy atom. The fourth-order valence-corrected chi connectivity index (χ4v) is 2.25. The number of pyridine rings is 1. The molecule has 2 heterocycles. The van der Waals surface area contributed by atoms with Crippen molar-refractivity contribution in [2.24, 2.45) is 0 Å². The van der Waals surface area contributed by atoms with Gasteiger partial charge in [-0.15, -0.1) is 0 Å². The molecule has 7 nitrogen and oxygen atoms in total. The number of hydrogen-bond donors (Lipinski definition) is 2. The number of aromatic nitrogens is 1. The molecule has 138 valence electrons. The Morgan fingerprint density at radius 2 is 2.24 bits per heavy atom. The summed E-state index contributed by atoms with van der Waals surface area (Å²) in [5.74, 6) is -0.480. The Kier molecular flexibility index (Phi) is 6.18. The lowest BCUT2D eigenvalue weighted by molar-refractivity contribution is -0.153. The molecule has 10 heteroatoms. The van der Waals surface area contributed by atoms with Crippen LogP contribution in [0, 0.1) is 0 Å². The van der Waals surface area contributed by atoms with Crippen molar-refractivity contribution in [2.45, 2.75) is 19.1 Å². The van der Waals surface area contributed by atoms with Gasteiger partial charge in [-0.1, -0.05) is 0 Å². The molecule has 25 heavy (non-hydrogen) atoms. The Bertz CT molecular complexity index is 607. The van der Waals surface area contributed by atoms with Crippen LogP contribution in [0.3, 0.4) is 0 Å². The second-order valence-corrected chi connectivity index (χ2v) is 5.60. The molecule has 2 N–H and O–H groups in total. The van der Waals surface area contributed by atoms with Crippen LogP contribution in [-0.2, 0) is 9.59 Å². The molecule has 1 saturated heterocycles. The predicted molar refractivity (Wildman–Crippen MR) is 81.8 cm³/mol. The minimum absolute atomic E-state index is 0.00832. The van der Waals surface area contributed by atoms with Gasteiger partial charge in [-0.2, -0.15) is 13.2 Å². The van der Waals surface area contributed by atoms with Gasteiger partial charge in [0.25, 0.3) is 0 Å². The molecule has 1 fully saturated rings. The number of nitrogens with one attached hydrogen (secondary N) is 2. The number of piperazine rings is 1. The Morgan fingerprint density at radius 3 is 2.84 bits per heavy atom. The summed E-state index contributed by atoms with van der Waals surface area (Å²) < 4.78 is 40.8. The third-order valence-corrected chi connectivity index (χ3v) is 3.50. The van der Waals surface area contributed by atoms with E-state index in [0.29, 0.717) is 18.8 Å². The molecule has 0 aliphatic carbocycles. The molecule has 2 amide bonds. The van der Waals surface area contributed by atoms with Gasteiger partial charge in [0.1, 0.15) is 5.75 Å². The van der Waals surface area contributed by atoms with Crippen LogP contribution in [0.25, 0.3) is 0 Å². The number of carbonyl (C=O) groups is 2. The maximum Gasteiger partial charge on any atom is 0.422 e. The van der Waals surface area contributed by atoms with E-state index in [0.717, 1.165) is 0 Å². The average molecular weight is 360 g/mol. The predicted octanol–water partition coefficient (Wildman–Crippen LogP) is 0.632. The Hall–Kier alpha value is -2.36. The molecule has 0 spiro atoms. The highest BCUT2D eigenvalue weighted by Crippen LogP contribution is 2.19. The van der Waals surface area contributed by atoms with E-state index in [2.05, 4.69) is 20.4 Å². The number of ether oxygens (including phenoxy) is 1. The number of rotatable bonds is 6. The molecule has 0 radical (unpaired) electrons. The van der Waals surface area contributed by atoms with Gasteiger partial charge >= 0.3 is 6.18 Å². The van der Waals surface area contributed by atoms with E-state index in [4.69, 9.17) is 0 Å². The molecule has 1 aromatic heterocycles. The van der Waals surface area contributed by atoms with E-state index in [1.807, 2.05) is 0 Å². The van der Waals surface area contributed by atoms with Gasteiger partial charge in [-0.25, -0.2) is 0 Å². The third kappa shape index (κ3) is 6.22. The van der Waals surface area contributed by atoms with E-state index in [9.17, 15) is 22.8 Å². The normalized spacial score (nSPS) is 16.5. The molecular formula is C15H19F3N4O3. The SMILES string of the molecule is C[C@@H](NC(=O)CN1CCNCC1=O)c1ccc(OCC(F)(F)F)cn1. The number of halogens is 3. The van der Waals surface area contributed by atoms with Gasteiger partial charge in [0.05, 0.1) is 31.0 Å². The number of hydrogen-bond acceptors (Lipinski definition) is 5. The van der Waals surface area contributed by atoms with Crippen LogP contribution in [0.2, 0.25) is 0 Å². The van der Waals surface area contributed by atoms with Crippen LogP contribution < -0.4 is 15.4 Å². The molecule has 1 aliphatic rings. The largest absolute Gasteiger partial charge is 0.483 e. The Balaban J connectivity index is 1.84. The second kappa shape index (κ2) is 8.15. The molecule has 1 aromatic rings. The summed E-state index contributed by atoms with van der Waals surface area (Å²) in [5.41, 5.74) is 0.472. The molecule has 0 unspecified atom stereocenters. The van der Waals surface area contributed by atoms with Crippen molar-refractivity contribution in [3.05, 3.63) is 24.0 Å². The fourth-order valence-electron chi connectivity index (χ4n) is 2.25. The number of carbonyl (C=O) groups excluding carboxylic acids is 2. The van der Waals surface area contributed by atoms with Crippen molar-refractivity contribution in [1.29, 1.82) is 0 Å². The van der Waals surface area contributed by atoms with E-state index in [1.165, 1.54) is 23.2 Å². The monoisotopic (exact) mass is 360 g/mol. The van der Waals surface area contributed by atoms with E-state index < -0.39 is 18.8 Å². The molecule has 1 aliphatic heterocycles. The van der Waals surface area contributed by atoms with Crippen LogP contribution in [0.5, 0.6) is 5.75 Å². The first-order chi connectivity index (χ1) is 11.7. The lowest BCUT2D eigenvalue weighted by Crippen LogP contribution is -2.51. The lowest BCUT2D eigenvalue weighted by atomic mass is 10.2. The maximum absolute atomic E-state index is 12.1. The van der Waals surface area contributed by atoms with Crippen LogP contribution in [0.4, 0.5) is 13.2 Å². The third-order valence-electron chi connectivity index (χ3n) is 3.50. The molecule has 0 saturated carbocycles. The van der Waals surface area contributed by atoms with Crippen LogP contribution in [-0.4, -0.2) is 60.7 Å². The first kappa shape index (κ1) is 19.0. The summed E-state index contributed by atoms with van der Waals surface area (Å²) in [6.07, 6.45) is -3.25. The highest BCUT2D eigenvalue weighted by molar-refractivity contribution is 5.86. The van der Waals surface area contributed by atoms with Gasteiger partial charge < -0.3 is 20.3 Å². The lowest BCUT2D eigenvalue weighted by Gasteiger charge is -2.27. The van der Waals surface area contributed by atoms with Crippen molar-refractivity contribution in [1.82, 2.24) is 20.5 Å². The minimum atomic E-state index is -4.42. The van der Waals surface area contributed by atoms with Gasteiger partial charge in [-0.05, 0) is 19.1 Å². The quantitative estimate of drug-likeness (QED) is 0.778. The molecule has 1 atom stereocenters. The van der Waals surface area contributed by atoms with E-state index in [-0.39, 0.29) is 30.7 Å². The smallest absolute Gasteiger partial charge is 0.422 e. The number of amides is 2. The zero-order valence-electron chi connectivity index (χ0n) is 13.6.